The van der Waals surface area contributed by atoms with E-state index in [1.165, 1.54) is 0 Å². The lowest BCUT2D eigenvalue weighted by molar-refractivity contribution is -0.149. The summed E-state index contributed by atoms with van der Waals surface area (Å²) < 4.78 is 5.76. The van der Waals surface area contributed by atoms with E-state index in [-0.39, 0.29) is 30.8 Å². The number of nitrogens with zero attached hydrogens (tertiary/aromatic N) is 1. The maximum atomic E-state index is 12.4. The van der Waals surface area contributed by atoms with Crippen molar-refractivity contribution in [1.82, 2.24) is 4.90 Å². The zero-order valence-electron chi connectivity index (χ0n) is 16.8. The molecule has 7 heteroatoms. The molecule has 1 saturated carbocycles. The Morgan fingerprint density at radius 2 is 1.87 bits per heavy atom. The number of ether oxygens (including phenoxy) is 1. The molecule has 4 rings (SSSR count). The van der Waals surface area contributed by atoms with Crippen molar-refractivity contribution < 1.29 is 19.4 Å². The molecule has 1 aliphatic heterocycles. The molecule has 0 radical (unpaired) electrons. The standard InChI is InChI=1S/C23H26N2O4.ClH/c26-21(14-25-13-18-7-4-12-23(18,16-25)22(27)28)24-19-8-10-20(11-9-19)29-15-17-5-2-1-3-6-17;/h1-3,5-6,8-11,18H,4,7,12-16H2,(H,24,26)(H,27,28);1H/t18-,23+;/m0./s1. The molecule has 0 bridgehead atoms. The monoisotopic (exact) mass is 430 g/mol. The Hall–Kier alpha value is -2.57. The second-order valence-corrected chi connectivity index (χ2v) is 8.07. The molecule has 160 valence electrons. The molecule has 30 heavy (non-hydrogen) atoms. The van der Waals surface area contributed by atoms with Gasteiger partial charge in [-0.2, -0.15) is 0 Å². The van der Waals surface area contributed by atoms with E-state index in [0.29, 0.717) is 25.4 Å². The molecule has 2 aromatic rings. The first-order valence-corrected chi connectivity index (χ1v) is 10.1. The second kappa shape index (κ2) is 9.49. The minimum atomic E-state index is -0.714. The Morgan fingerprint density at radius 3 is 2.53 bits per heavy atom. The highest BCUT2D eigenvalue weighted by Gasteiger charge is 2.54. The van der Waals surface area contributed by atoms with Gasteiger partial charge in [-0.3, -0.25) is 14.5 Å². The normalized spacial score (nSPS) is 22.7. The van der Waals surface area contributed by atoms with E-state index in [1.54, 1.807) is 0 Å². The number of carbonyl (C=O) groups excluding carboxylic acids is 1. The number of rotatable bonds is 7. The number of carboxylic acid groups (broad SMARTS) is 1. The van der Waals surface area contributed by atoms with E-state index in [1.807, 2.05) is 59.5 Å². The molecular weight excluding hydrogens is 404 g/mol. The van der Waals surface area contributed by atoms with Crippen LogP contribution < -0.4 is 10.1 Å². The van der Waals surface area contributed by atoms with Gasteiger partial charge >= 0.3 is 5.97 Å². The molecule has 2 atom stereocenters. The summed E-state index contributed by atoms with van der Waals surface area (Å²) in [5.41, 5.74) is 1.15. The fourth-order valence-electron chi connectivity index (χ4n) is 4.64. The minimum Gasteiger partial charge on any atom is -0.489 e. The maximum absolute atomic E-state index is 12.4. The average Bonchev–Trinajstić information content (AvgIpc) is 3.26. The summed E-state index contributed by atoms with van der Waals surface area (Å²) in [5.74, 6) is 0.0638. The van der Waals surface area contributed by atoms with Gasteiger partial charge in [0.2, 0.25) is 5.91 Å². The Kier molecular flexibility index (Phi) is 7.00. The fourth-order valence-corrected chi connectivity index (χ4v) is 4.64. The number of carbonyl (C=O) groups is 2. The molecule has 1 heterocycles. The topological polar surface area (TPSA) is 78.9 Å². The van der Waals surface area contributed by atoms with Crippen LogP contribution in [-0.2, 0) is 16.2 Å². The highest BCUT2D eigenvalue weighted by molar-refractivity contribution is 5.92. The Labute approximate surface area is 182 Å². The molecule has 6 nitrogen and oxygen atoms in total. The Bertz CT molecular complexity index is 875. The number of halogens is 1. The zero-order chi connectivity index (χ0) is 20.3. The van der Waals surface area contributed by atoms with Crippen LogP contribution in [0.15, 0.2) is 54.6 Å². The fraction of sp³-hybridized carbons (Fsp3) is 0.391. The lowest BCUT2D eigenvalue weighted by Gasteiger charge is -2.23. The van der Waals surface area contributed by atoms with Crippen molar-refractivity contribution in [2.75, 3.05) is 25.0 Å². The molecule has 0 aromatic heterocycles. The molecule has 1 saturated heterocycles. The quantitative estimate of drug-likeness (QED) is 0.698. The summed E-state index contributed by atoms with van der Waals surface area (Å²) in [6.45, 7) is 1.87. The molecule has 0 spiro atoms. The summed E-state index contributed by atoms with van der Waals surface area (Å²) in [6.07, 6.45) is 2.63. The van der Waals surface area contributed by atoms with Crippen LogP contribution in [0.1, 0.15) is 24.8 Å². The van der Waals surface area contributed by atoms with Crippen molar-refractivity contribution in [3.63, 3.8) is 0 Å². The number of hydrogen-bond acceptors (Lipinski definition) is 4. The van der Waals surface area contributed by atoms with Gasteiger partial charge in [-0.25, -0.2) is 0 Å². The van der Waals surface area contributed by atoms with Crippen molar-refractivity contribution in [3.8, 4) is 5.75 Å². The highest BCUT2D eigenvalue weighted by atomic mass is 35.5. The van der Waals surface area contributed by atoms with Gasteiger partial charge in [-0.15, -0.1) is 12.4 Å². The second-order valence-electron chi connectivity index (χ2n) is 8.07. The van der Waals surface area contributed by atoms with Crippen LogP contribution in [0.4, 0.5) is 5.69 Å². The van der Waals surface area contributed by atoms with Gasteiger partial charge in [0.1, 0.15) is 12.4 Å². The van der Waals surface area contributed by atoms with Gasteiger partial charge < -0.3 is 15.2 Å². The van der Waals surface area contributed by atoms with E-state index >= 15 is 0 Å². The third-order valence-electron chi connectivity index (χ3n) is 6.12. The lowest BCUT2D eigenvalue weighted by atomic mass is 9.81. The van der Waals surface area contributed by atoms with E-state index in [0.717, 1.165) is 30.6 Å². The number of carboxylic acids is 1. The Balaban J connectivity index is 0.00000256. The van der Waals surface area contributed by atoms with E-state index in [9.17, 15) is 14.7 Å². The molecule has 2 fully saturated rings. The van der Waals surface area contributed by atoms with Crippen molar-refractivity contribution in [2.45, 2.75) is 25.9 Å². The minimum absolute atomic E-state index is 0. The maximum Gasteiger partial charge on any atom is 0.311 e. The molecule has 2 aliphatic rings. The largest absolute Gasteiger partial charge is 0.489 e. The van der Waals surface area contributed by atoms with Crippen LogP contribution in [0.3, 0.4) is 0 Å². The van der Waals surface area contributed by atoms with Crippen LogP contribution in [0.5, 0.6) is 5.75 Å². The van der Waals surface area contributed by atoms with Gasteiger partial charge in [0.05, 0.1) is 12.0 Å². The Morgan fingerprint density at radius 1 is 1.13 bits per heavy atom. The number of amides is 1. The average molecular weight is 431 g/mol. The lowest BCUT2D eigenvalue weighted by Crippen LogP contribution is -2.37. The van der Waals surface area contributed by atoms with Gasteiger partial charge in [-0.05, 0) is 48.6 Å². The highest BCUT2D eigenvalue weighted by Crippen LogP contribution is 2.48. The summed E-state index contributed by atoms with van der Waals surface area (Å²) in [4.78, 5) is 26.2. The van der Waals surface area contributed by atoms with Crippen molar-refractivity contribution >= 4 is 30.0 Å². The number of nitrogens with one attached hydrogen (secondary N) is 1. The van der Waals surface area contributed by atoms with E-state index < -0.39 is 11.4 Å². The van der Waals surface area contributed by atoms with E-state index in [4.69, 9.17) is 4.74 Å². The summed E-state index contributed by atoms with van der Waals surface area (Å²) >= 11 is 0. The van der Waals surface area contributed by atoms with E-state index in [2.05, 4.69) is 5.32 Å². The summed E-state index contributed by atoms with van der Waals surface area (Å²) in [6, 6.07) is 17.2. The van der Waals surface area contributed by atoms with Crippen LogP contribution in [0.2, 0.25) is 0 Å². The first-order valence-electron chi connectivity index (χ1n) is 10.1. The zero-order valence-corrected chi connectivity index (χ0v) is 17.6. The predicted octanol–water partition coefficient (Wildman–Crippen LogP) is 3.81. The van der Waals surface area contributed by atoms with Crippen LogP contribution >= 0.6 is 12.4 Å². The van der Waals surface area contributed by atoms with Gasteiger partial charge in [0.25, 0.3) is 0 Å². The summed E-state index contributed by atoms with van der Waals surface area (Å²) in [5, 5.41) is 12.6. The third-order valence-corrected chi connectivity index (χ3v) is 6.12. The van der Waals surface area contributed by atoms with Crippen molar-refractivity contribution in [2.24, 2.45) is 11.3 Å². The van der Waals surface area contributed by atoms with Crippen LogP contribution in [0.25, 0.3) is 0 Å². The third kappa shape index (κ3) is 4.77. The molecule has 0 unspecified atom stereocenters. The predicted molar refractivity (Wildman–Crippen MR) is 117 cm³/mol. The number of likely N-dealkylation sites (tertiary alicyclic amines) is 1. The first kappa shape index (κ1) is 22.1. The van der Waals surface area contributed by atoms with Crippen LogP contribution in [0, 0.1) is 11.3 Å². The number of benzene rings is 2. The smallest absolute Gasteiger partial charge is 0.311 e. The number of fused-ring (bicyclic) bond motifs is 1. The number of aliphatic carboxylic acids is 1. The van der Waals surface area contributed by atoms with Crippen molar-refractivity contribution in [1.29, 1.82) is 0 Å². The number of anilines is 1. The molecule has 1 amide bonds. The molecule has 2 aromatic carbocycles. The molecule has 2 N–H and O–H groups in total. The number of hydrogen-bond donors (Lipinski definition) is 2. The van der Waals surface area contributed by atoms with Gasteiger partial charge in [-0.1, -0.05) is 36.8 Å². The van der Waals surface area contributed by atoms with Crippen molar-refractivity contribution in [3.05, 3.63) is 60.2 Å². The SMILES string of the molecule is Cl.O=C(CN1C[C@@H]2CCC[C@@]2(C(=O)O)C1)Nc1ccc(OCc2ccccc2)cc1. The first-order chi connectivity index (χ1) is 14.0. The molecule has 1 aliphatic carbocycles. The van der Waals surface area contributed by atoms with Gasteiger partial charge in [0.15, 0.2) is 0 Å². The molecular formula is C23H27ClN2O4. The van der Waals surface area contributed by atoms with Crippen LogP contribution in [-0.4, -0.2) is 41.5 Å². The van der Waals surface area contributed by atoms with Gasteiger partial charge in [0, 0.05) is 18.8 Å². The summed E-state index contributed by atoms with van der Waals surface area (Å²) in [7, 11) is 0.